The molecule has 0 bridgehead atoms. The van der Waals surface area contributed by atoms with Crippen molar-refractivity contribution in [2.24, 2.45) is 0 Å². The first kappa shape index (κ1) is 15.5. The molecule has 1 aromatic heterocycles. The van der Waals surface area contributed by atoms with E-state index >= 15 is 0 Å². The summed E-state index contributed by atoms with van der Waals surface area (Å²) in [5.74, 6) is 0.828. The summed E-state index contributed by atoms with van der Waals surface area (Å²) >= 11 is 0. The number of fused-ring (bicyclic) bond motifs is 1. The molecule has 8 nitrogen and oxygen atoms in total. The number of likely N-dealkylation sites (N-methyl/N-ethyl adjacent to an activating group) is 1. The second kappa shape index (κ2) is 6.39. The molecular formula is C15H21N5O3. The Morgan fingerprint density at radius 3 is 3.00 bits per heavy atom. The molecule has 2 aliphatic heterocycles. The number of hydrogen-bond acceptors (Lipinski definition) is 4. The molecule has 0 saturated carbocycles. The Balaban J connectivity index is 1.41. The lowest BCUT2D eigenvalue weighted by atomic mass is 10.1. The molecule has 124 valence electrons. The van der Waals surface area contributed by atoms with Crippen molar-refractivity contribution in [1.29, 1.82) is 0 Å². The van der Waals surface area contributed by atoms with Crippen LogP contribution in [0.5, 0.6) is 0 Å². The topological polar surface area (TPSA) is 87.5 Å². The number of imidazole rings is 1. The smallest absolute Gasteiger partial charge is 0.326 e. The molecule has 2 aliphatic rings. The average Bonchev–Trinajstić information content (AvgIpc) is 3.06. The Morgan fingerprint density at radius 2 is 2.26 bits per heavy atom. The molecular weight excluding hydrogens is 298 g/mol. The highest BCUT2D eigenvalue weighted by molar-refractivity contribution is 6.01. The predicted octanol–water partition coefficient (Wildman–Crippen LogP) is -0.0117. The maximum atomic E-state index is 12.0. The van der Waals surface area contributed by atoms with Crippen molar-refractivity contribution in [3.05, 3.63) is 18.2 Å². The summed E-state index contributed by atoms with van der Waals surface area (Å²) in [6.07, 6.45) is 6.25. The summed E-state index contributed by atoms with van der Waals surface area (Å²) < 4.78 is 2.06. The van der Waals surface area contributed by atoms with Gasteiger partial charge in [-0.3, -0.25) is 14.5 Å². The lowest BCUT2D eigenvalue weighted by molar-refractivity contribution is -0.126. The van der Waals surface area contributed by atoms with Crippen LogP contribution in [0.1, 0.15) is 25.1 Å². The van der Waals surface area contributed by atoms with Gasteiger partial charge in [0.25, 0.3) is 0 Å². The van der Waals surface area contributed by atoms with Crippen molar-refractivity contribution in [3.63, 3.8) is 0 Å². The fourth-order valence-electron chi connectivity index (χ4n) is 3.07. The molecule has 3 rings (SSSR count). The first-order chi connectivity index (χ1) is 11.0. The van der Waals surface area contributed by atoms with Crippen LogP contribution >= 0.6 is 0 Å². The summed E-state index contributed by atoms with van der Waals surface area (Å²) in [7, 11) is 1.60. The van der Waals surface area contributed by atoms with E-state index in [4.69, 9.17) is 0 Å². The van der Waals surface area contributed by atoms with Crippen LogP contribution in [0.2, 0.25) is 0 Å². The van der Waals surface area contributed by atoms with E-state index in [-0.39, 0.29) is 30.4 Å². The van der Waals surface area contributed by atoms with Gasteiger partial charge in [0.15, 0.2) is 0 Å². The number of nitrogens with zero attached hydrogens (tertiary/aromatic N) is 4. The van der Waals surface area contributed by atoms with Gasteiger partial charge in [-0.2, -0.15) is 0 Å². The van der Waals surface area contributed by atoms with Crippen LogP contribution in [0.15, 0.2) is 12.4 Å². The van der Waals surface area contributed by atoms with E-state index in [0.717, 1.165) is 25.2 Å². The Bertz CT molecular complexity index is 626. The Labute approximate surface area is 134 Å². The van der Waals surface area contributed by atoms with E-state index in [1.54, 1.807) is 13.2 Å². The van der Waals surface area contributed by atoms with Crippen LogP contribution in [-0.4, -0.2) is 63.4 Å². The number of amides is 4. The van der Waals surface area contributed by atoms with Gasteiger partial charge >= 0.3 is 6.03 Å². The van der Waals surface area contributed by atoms with Crippen LogP contribution in [-0.2, 0) is 22.6 Å². The molecule has 0 aromatic carbocycles. The molecule has 4 amide bonds. The highest BCUT2D eigenvalue weighted by Gasteiger charge is 2.32. The van der Waals surface area contributed by atoms with Gasteiger partial charge in [-0.25, -0.2) is 9.78 Å². The van der Waals surface area contributed by atoms with Gasteiger partial charge in [-0.05, 0) is 12.8 Å². The van der Waals surface area contributed by atoms with Crippen LogP contribution in [0.4, 0.5) is 4.79 Å². The molecule has 1 fully saturated rings. The Kier molecular flexibility index (Phi) is 4.31. The zero-order valence-electron chi connectivity index (χ0n) is 13.2. The molecule has 0 aliphatic carbocycles. The van der Waals surface area contributed by atoms with Crippen molar-refractivity contribution >= 4 is 17.8 Å². The summed E-state index contributed by atoms with van der Waals surface area (Å²) in [5, 5.41) is 3.02. The van der Waals surface area contributed by atoms with Gasteiger partial charge in [0.05, 0.1) is 0 Å². The van der Waals surface area contributed by atoms with Gasteiger partial charge in [-0.1, -0.05) is 0 Å². The molecule has 0 spiro atoms. The third kappa shape index (κ3) is 3.35. The maximum Gasteiger partial charge on any atom is 0.326 e. The number of urea groups is 1. The third-order valence-electron chi connectivity index (χ3n) is 4.32. The molecule has 23 heavy (non-hydrogen) atoms. The first-order valence-corrected chi connectivity index (χ1v) is 7.89. The standard InChI is InChI=1S/C15H21N5O3/c1-18-10-14(22)20(15(18)23)7-2-3-13(21)17-11-4-5-12-16-6-8-19(12)9-11/h6,8,11H,2-5,7,9-10H2,1H3,(H,17,21)/t11-/m0/s1. The van der Waals surface area contributed by atoms with Crippen molar-refractivity contribution in [3.8, 4) is 0 Å². The zero-order chi connectivity index (χ0) is 16.4. The van der Waals surface area contributed by atoms with Crippen molar-refractivity contribution in [1.82, 2.24) is 24.7 Å². The molecule has 0 radical (unpaired) electrons. The second-order valence-electron chi connectivity index (χ2n) is 6.09. The van der Waals surface area contributed by atoms with Gasteiger partial charge < -0.3 is 14.8 Å². The van der Waals surface area contributed by atoms with E-state index in [1.807, 2.05) is 6.20 Å². The van der Waals surface area contributed by atoms with Crippen molar-refractivity contribution in [2.45, 2.75) is 38.3 Å². The van der Waals surface area contributed by atoms with E-state index in [0.29, 0.717) is 19.4 Å². The third-order valence-corrected chi connectivity index (χ3v) is 4.32. The molecule has 3 heterocycles. The Hall–Kier alpha value is -2.38. The number of aromatic nitrogens is 2. The van der Waals surface area contributed by atoms with E-state index in [2.05, 4.69) is 14.9 Å². The number of hydrogen-bond donors (Lipinski definition) is 1. The number of carbonyl (C=O) groups is 3. The zero-order valence-corrected chi connectivity index (χ0v) is 13.2. The number of rotatable bonds is 5. The minimum absolute atomic E-state index is 0.0361. The number of nitrogens with one attached hydrogen (secondary N) is 1. The number of aryl methyl sites for hydroxylation is 1. The lowest BCUT2D eigenvalue weighted by Crippen LogP contribution is -2.41. The summed E-state index contributed by atoms with van der Waals surface area (Å²) in [4.78, 5) is 42.2. The van der Waals surface area contributed by atoms with Crippen LogP contribution in [0, 0.1) is 0 Å². The van der Waals surface area contributed by atoms with Crippen LogP contribution < -0.4 is 5.32 Å². The quantitative estimate of drug-likeness (QED) is 0.773. The van der Waals surface area contributed by atoms with Crippen LogP contribution in [0.25, 0.3) is 0 Å². The summed E-state index contributed by atoms with van der Waals surface area (Å²) in [6, 6.07) is -0.166. The van der Waals surface area contributed by atoms with Crippen molar-refractivity contribution < 1.29 is 14.4 Å². The highest BCUT2D eigenvalue weighted by atomic mass is 16.2. The molecule has 1 aromatic rings. The van der Waals surface area contributed by atoms with Crippen LogP contribution in [0.3, 0.4) is 0 Å². The molecule has 8 heteroatoms. The molecule has 0 unspecified atom stereocenters. The predicted molar refractivity (Wildman–Crippen MR) is 81.5 cm³/mol. The first-order valence-electron chi connectivity index (χ1n) is 7.89. The second-order valence-corrected chi connectivity index (χ2v) is 6.09. The normalized spacial score (nSPS) is 20.8. The van der Waals surface area contributed by atoms with Gasteiger partial charge in [0, 0.05) is 51.4 Å². The minimum atomic E-state index is -0.282. The van der Waals surface area contributed by atoms with E-state index in [9.17, 15) is 14.4 Å². The van der Waals surface area contributed by atoms with Gasteiger partial charge in [0.2, 0.25) is 11.8 Å². The fourth-order valence-corrected chi connectivity index (χ4v) is 3.07. The molecule has 1 saturated heterocycles. The maximum absolute atomic E-state index is 12.0. The summed E-state index contributed by atoms with van der Waals surface area (Å²) in [5.41, 5.74) is 0. The minimum Gasteiger partial charge on any atom is -0.352 e. The van der Waals surface area contributed by atoms with E-state index in [1.165, 1.54) is 9.80 Å². The van der Waals surface area contributed by atoms with Gasteiger partial charge in [-0.15, -0.1) is 0 Å². The monoisotopic (exact) mass is 319 g/mol. The average molecular weight is 319 g/mol. The molecule has 1 N–H and O–H groups in total. The number of imide groups is 1. The Morgan fingerprint density at radius 1 is 1.43 bits per heavy atom. The largest absolute Gasteiger partial charge is 0.352 e. The SMILES string of the molecule is CN1CC(=O)N(CCCC(=O)N[C@H]2CCc3nccn3C2)C1=O. The lowest BCUT2D eigenvalue weighted by Gasteiger charge is -2.24. The fraction of sp³-hybridized carbons (Fsp3) is 0.600. The number of carbonyl (C=O) groups excluding carboxylic acids is 3. The highest BCUT2D eigenvalue weighted by Crippen LogP contribution is 2.13. The summed E-state index contributed by atoms with van der Waals surface area (Å²) in [6.45, 7) is 1.17. The van der Waals surface area contributed by atoms with Crippen molar-refractivity contribution in [2.75, 3.05) is 20.1 Å². The van der Waals surface area contributed by atoms with Gasteiger partial charge in [0.1, 0.15) is 12.4 Å². The molecule has 1 atom stereocenters. The van der Waals surface area contributed by atoms with E-state index < -0.39 is 0 Å².